The molecule has 2 rings (SSSR count). The maximum absolute atomic E-state index is 10.6. The number of aryl methyl sites for hydroxylation is 3. The third kappa shape index (κ3) is 2.96. The molecular formula is C13H15N3O2S. The molecule has 1 N–H and O–H groups in total. The molecule has 19 heavy (non-hydrogen) atoms. The highest BCUT2D eigenvalue weighted by atomic mass is 32.2. The normalized spacial score (nSPS) is 10.7. The van der Waals surface area contributed by atoms with E-state index in [0.29, 0.717) is 5.16 Å². The van der Waals surface area contributed by atoms with Gasteiger partial charge in [0.05, 0.1) is 11.4 Å². The Balaban J connectivity index is 2.43. The van der Waals surface area contributed by atoms with Crippen LogP contribution in [0.1, 0.15) is 16.7 Å². The topological polar surface area (TPSA) is 68.0 Å². The van der Waals surface area contributed by atoms with E-state index in [4.69, 9.17) is 5.11 Å². The highest BCUT2D eigenvalue weighted by Crippen LogP contribution is 2.25. The van der Waals surface area contributed by atoms with Crippen molar-refractivity contribution in [3.8, 4) is 5.69 Å². The third-order valence-electron chi connectivity index (χ3n) is 2.72. The molecule has 1 aromatic heterocycles. The van der Waals surface area contributed by atoms with Crippen LogP contribution in [-0.2, 0) is 4.79 Å². The molecular weight excluding hydrogens is 262 g/mol. The minimum Gasteiger partial charge on any atom is -0.481 e. The first-order valence-electron chi connectivity index (χ1n) is 5.82. The standard InChI is InChI=1S/C13H15N3O2S/c1-8-4-9(2)12(10(3)5-8)16-7-14-15-13(16)19-6-11(17)18/h4-5,7H,6H2,1-3H3,(H,17,18). The van der Waals surface area contributed by atoms with E-state index in [1.165, 1.54) is 17.3 Å². The quantitative estimate of drug-likeness (QED) is 0.869. The summed E-state index contributed by atoms with van der Waals surface area (Å²) in [5.74, 6) is -0.889. The SMILES string of the molecule is Cc1cc(C)c(-n2cnnc2SCC(=O)O)c(C)c1. The number of aliphatic carboxylic acids is 1. The van der Waals surface area contributed by atoms with Crippen molar-refractivity contribution in [1.29, 1.82) is 0 Å². The highest BCUT2D eigenvalue weighted by Gasteiger charge is 2.13. The van der Waals surface area contributed by atoms with Crippen molar-refractivity contribution >= 4 is 17.7 Å². The molecule has 0 atom stereocenters. The zero-order valence-corrected chi connectivity index (χ0v) is 11.9. The maximum atomic E-state index is 10.6. The van der Waals surface area contributed by atoms with E-state index in [0.717, 1.165) is 16.8 Å². The summed E-state index contributed by atoms with van der Waals surface area (Å²) in [5, 5.41) is 17.2. The molecule has 5 nitrogen and oxygen atoms in total. The monoisotopic (exact) mass is 277 g/mol. The summed E-state index contributed by atoms with van der Waals surface area (Å²) in [6, 6.07) is 4.18. The molecule has 0 amide bonds. The van der Waals surface area contributed by atoms with E-state index in [2.05, 4.69) is 29.3 Å². The minimum absolute atomic E-state index is 0.0251. The lowest BCUT2D eigenvalue weighted by Gasteiger charge is -2.13. The van der Waals surface area contributed by atoms with Gasteiger partial charge >= 0.3 is 5.97 Å². The fourth-order valence-electron chi connectivity index (χ4n) is 2.15. The Bertz CT molecular complexity index is 599. The largest absolute Gasteiger partial charge is 0.481 e. The molecule has 6 heteroatoms. The van der Waals surface area contributed by atoms with Crippen molar-refractivity contribution in [2.45, 2.75) is 25.9 Å². The van der Waals surface area contributed by atoms with Gasteiger partial charge in [-0.1, -0.05) is 29.5 Å². The van der Waals surface area contributed by atoms with Crippen molar-refractivity contribution < 1.29 is 9.90 Å². The van der Waals surface area contributed by atoms with Crippen LogP contribution in [0.4, 0.5) is 0 Å². The van der Waals surface area contributed by atoms with Crippen molar-refractivity contribution in [3.63, 3.8) is 0 Å². The van der Waals surface area contributed by atoms with Crippen molar-refractivity contribution in [2.24, 2.45) is 0 Å². The van der Waals surface area contributed by atoms with Gasteiger partial charge in [0.1, 0.15) is 6.33 Å². The van der Waals surface area contributed by atoms with Gasteiger partial charge < -0.3 is 5.11 Å². The van der Waals surface area contributed by atoms with Gasteiger partial charge in [0.15, 0.2) is 5.16 Å². The third-order valence-corrected chi connectivity index (χ3v) is 3.65. The number of carbonyl (C=O) groups is 1. The molecule has 100 valence electrons. The first kappa shape index (κ1) is 13.6. The number of thioether (sulfide) groups is 1. The van der Waals surface area contributed by atoms with Crippen LogP contribution in [0.3, 0.4) is 0 Å². The molecule has 1 aromatic carbocycles. The number of aromatic nitrogens is 3. The van der Waals surface area contributed by atoms with Gasteiger partial charge in [-0.2, -0.15) is 0 Å². The molecule has 0 spiro atoms. The second-order valence-electron chi connectivity index (χ2n) is 4.41. The summed E-state index contributed by atoms with van der Waals surface area (Å²) < 4.78 is 1.84. The summed E-state index contributed by atoms with van der Waals surface area (Å²) >= 11 is 1.17. The van der Waals surface area contributed by atoms with Crippen LogP contribution in [0.5, 0.6) is 0 Å². The fraction of sp³-hybridized carbons (Fsp3) is 0.308. The van der Waals surface area contributed by atoms with Gasteiger partial charge in [0, 0.05) is 0 Å². The van der Waals surface area contributed by atoms with Crippen LogP contribution in [0.15, 0.2) is 23.6 Å². The van der Waals surface area contributed by atoms with Gasteiger partial charge in [-0.25, -0.2) is 0 Å². The molecule has 0 unspecified atom stereocenters. The second kappa shape index (κ2) is 5.44. The zero-order valence-electron chi connectivity index (χ0n) is 11.0. The van der Waals surface area contributed by atoms with Crippen LogP contribution >= 0.6 is 11.8 Å². The molecule has 0 aliphatic rings. The van der Waals surface area contributed by atoms with Crippen LogP contribution < -0.4 is 0 Å². The molecule has 0 saturated carbocycles. The van der Waals surface area contributed by atoms with Crippen LogP contribution in [0.25, 0.3) is 5.69 Å². The van der Waals surface area contributed by atoms with Gasteiger partial charge in [-0.15, -0.1) is 10.2 Å². The lowest BCUT2D eigenvalue weighted by Crippen LogP contribution is -2.04. The Hall–Kier alpha value is -1.82. The Morgan fingerprint density at radius 1 is 1.32 bits per heavy atom. The molecule has 0 fully saturated rings. The van der Waals surface area contributed by atoms with Crippen molar-refractivity contribution in [3.05, 3.63) is 35.2 Å². The fourth-order valence-corrected chi connectivity index (χ4v) is 2.79. The molecule has 2 aromatic rings. The molecule has 0 aliphatic carbocycles. The first-order valence-corrected chi connectivity index (χ1v) is 6.80. The van der Waals surface area contributed by atoms with Crippen molar-refractivity contribution in [2.75, 3.05) is 5.75 Å². The van der Waals surface area contributed by atoms with Gasteiger partial charge in [0.25, 0.3) is 0 Å². The Kier molecular flexibility index (Phi) is 3.90. The number of benzene rings is 1. The van der Waals surface area contributed by atoms with E-state index in [-0.39, 0.29) is 5.75 Å². The second-order valence-corrected chi connectivity index (χ2v) is 5.36. The predicted molar refractivity (Wildman–Crippen MR) is 73.9 cm³/mol. The van der Waals surface area contributed by atoms with Crippen LogP contribution in [0.2, 0.25) is 0 Å². The van der Waals surface area contributed by atoms with Gasteiger partial charge in [-0.05, 0) is 31.9 Å². The zero-order chi connectivity index (χ0) is 14.0. The van der Waals surface area contributed by atoms with E-state index < -0.39 is 5.97 Å². The smallest absolute Gasteiger partial charge is 0.313 e. The Labute approximate surface area is 115 Å². The lowest BCUT2D eigenvalue weighted by atomic mass is 10.1. The number of hydrogen-bond acceptors (Lipinski definition) is 4. The number of nitrogens with zero attached hydrogens (tertiary/aromatic N) is 3. The van der Waals surface area contributed by atoms with Crippen LogP contribution in [-0.4, -0.2) is 31.6 Å². The molecule has 0 saturated heterocycles. The van der Waals surface area contributed by atoms with E-state index in [1.807, 2.05) is 18.4 Å². The molecule has 0 bridgehead atoms. The number of carboxylic acid groups (broad SMARTS) is 1. The average molecular weight is 277 g/mol. The van der Waals surface area contributed by atoms with E-state index >= 15 is 0 Å². The Morgan fingerprint density at radius 3 is 2.53 bits per heavy atom. The van der Waals surface area contributed by atoms with Crippen LogP contribution in [0, 0.1) is 20.8 Å². The predicted octanol–water partition coefficient (Wildman–Crippen LogP) is 2.37. The first-order chi connectivity index (χ1) is 8.99. The summed E-state index contributed by atoms with van der Waals surface area (Å²) in [5.41, 5.74) is 4.46. The maximum Gasteiger partial charge on any atom is 0.313 e. The highest BCUT2D eigenvalue weighted by molar-refractivity contribution is 7.99. The number of hydrogen-bond donors (Lipinski definition) is 1. The Morgan fingerprint density at radius 2 is 1.95 bits per heavy atom. The summed E-state index contributed by atoms with van der Waals surface area (Å²) in [4.78, 5) is 10.6. The summed E-state index contributed by atoms with van der Waals surface area (Å²) in [6.07, 6.45) is 1.62. The molecule has 0 radical (unpaired) electrons. The number of carboxylic acids is 1. The minimum atomic E-state index is -0.864. The van der Waals surface area contributed by atoms with Crippen molar-refractivity contribution in [1.82, 2.24) is 14.8 Å². The lowest BCUT2D eigenvalue weighted by molar-refractivity contribution is -0.133. The van der Waals surface area contributed by atoms with E-state index in [1.54, 1.807) is 6.33 Å². The molecule has 0 aliphatic heterocycles. The summed E-state index contributed by atoms with van der Waals surface area (Å²) in [6.45, 7) is 6.11. The molecule has 1 heterocycles. The van der Waals surface area contributed by atoms with Gasteiger partial charge in [-0.3, -0.25) is 9.36 Å². The average Bonchev–Trinajstić information content (AvgIpc) is 2.73. The summed E-state index contributed by atoms with van der Waals surface area (Å²) in [7, 11) is 0. The number of rotatable bonds is 4. The van der Waals surface area contributed by atoms with E-state index in [9.17, 15) is 4.79 Å². The van der Waals surface area contributed by atoms with Gasteiger partial charge in [0.2, 0.25) is 0 Å².